The Hall–Kier alpha value is -2.64. The number of nitrogens with zero attached hydrogens (tertiary/aromatic N) is 2. The molecule has 0 aliphatic rings. The largest absolute Gasteiger partial charge is 0.507 e. The van der Waals surface area contributed by atoms with Gasteiger partial charge in [0.25, 0.3) is 0 Å². The van der Waals surface area contributed by atoms with E-state index in [-0.39, 0.29) is 22.5 Å². The molecule has 2 aromatic rings. The van der Waals surface area contributed by atoms with Crippen molar-refractivity contribution in [1.29, 1.82) is 0 Å². The summed E-state index contributed by atoms with van der Waals surface area (Å²) in [5.41, 5.74) is -0.540. The Labute approximate surface area is 123 Å². The summed E-state index contributed by atoms with van der Waals surface area (Å²) in [5.74, 6) is -1.25. The van der Waals surface area contributed by atoms with Gasteiger partial charge in [0, 0.05) is 5.56 Å². The first kappa shape index (κ1) is 15.7. The second-order valence-corrected chi connectivity index (χ2v) is 4.48. The Morgan fingerprint density at radius 1 is 1.23 bits per heavy atom. The molecule has 0 amide bonds. The lowest BCUT2D eigenvalue weighted by atomic mass is 10.0. The molecular formula is C14H11F3N2O3. The Morgan fingerprint density at radius 3 is 2.36 bits per heavy atom. The van der Waals surface area contributed by atoms with E-state index in [4.69, 9.17) is 0 Å². The summed E-state index contributed by atoms with van der Waals surface area (Å²) in [6, 6.07) is 4.21. The molecule has 0 saturated carbocycles. The van der Waals surface area contributed by atoms with Crippen molar-refractivity contribution in [3.63, 3.8) is 0 Å². The van der Waals surface area contributed by atoms with Crippen LogP contribution in [0.3, 0.4) is 0 Å². The van der Waals surface area contributed by atoms with Crippen LogP contribution >= 0.6 is 0 Å². The topological polar surface area (TPSA) is 72.3 Å². The molecule has 1 aromatic carbocycles. The quantitative estimate of drug-likeness (QED) is 0.863. The van der Waals surface area contributed by atoms with Crippen molar-refractivity contribution in [3.8, 4) is 17.0 Å². The van der Waals surface area contributed by atoms with Crippen LogP contribution in [0, 0.1) is 6.92 Å². The number of phenols is 1. The summed E-state index contributed by atoms with van der Waals surface area (Å²) in [7, 11) is 1.18. The lowest BCUT2D eigenvalue weighted by molar-refractivity contribution is -0.137. The number of esters is 1. The predicted molar refractivity (Wildman–Crippen MR) is 70.2 cm³/mol. The molecule has 1 N–H and O–H groups in total. The number of hydrogen-bond acceptors (Lipinski definition) is 5. The fourth-order valence-electron chi connectivity index (χ4n) is 1.94. The summed E-state index contributed by atoms with van der Waals surface area (Å²) in [6.07, 6.45) is -4.55. The molecule has 5 nitrogen and oxygen atoms in total. The fourth-order valence-corrected chi connectivity index (χ4v) is 1.94. The van der Waals surface area contributed by atoms with Crippen LogP contribution in [-0.4, -0.2) is 28.4 Å². The van der Waals surface area contributed by atoms with Crippen LogP contribution in [0.2, 0.25) is 0 Å². The first-order valence-corrected chi connectivity index (χ1v) is 6.07. The van der Waals surface area contributed by atoms with Crippen molar-refractivity contribution in [1.82, 2.24) is 10.2 Å². The van der Waals surface area contributed by atoms with Gasteiger partial charge in [-0.3, -0.25) is 0 Å². The van der Waals surface area contributed by atoms with E-state index >= 15 is 0 Å². The molecule has 0 unspecified atom stereocenters. The third-order valence-electron chi connectivity index (χ3n) is 2.96. The van der Waals surface area contributed by atoms with Gasteiger partial charge in [-0.05, 0) is 36.8 Å². The van der Waals surface area contributed by atoms with Gasteiger partial charge in [0.05, 0.1) is 18.4 Å². The number of aromatic hydroxyl groups is 1. The predicted octanol–water partition coefficient (Wildman–Crippen LogP) is 2.96. The van der Waals surface area contributed by atoms with E-state index in [0.29, 0.717) is 6.07 Å². The van der Waals surface area contributed by atoms with E-state index in [0.717, 1.165) is 6.07 Å². The number of rotatable bonds is 2. The highest BCUT2D eigenvalue weighted by atomic mass is 19.4. The number of alkyl halides is 3. The number of carbonyl (C=O) groups is 1. The minimum absolute atomic E-state index is 0.0460. The lowest BCUT2D eigenvalue weighted by Gasteiger charge is -2.12. The fraction of sp³-hybridized carbons (Fsp3) is 0.214. The number of benzene rings is 1. The maximum atomic E-state index is 12.7. The zero-order chi connectivity index (χ0) is 16.5. The lowest BCUT2D eigenvalue weighted by Crippen LogP contribution is -2.07. The highest BCUT2D eigenvalue weighted by Crippen LogP contribution is 2.38. The standard InChI is InChI=1S/C14H11F3N2O3/c1-7-5-8(14(15,16)17)6-11(20)12(7)9-3-4-10(19-18-9)13(21)22-2/h3-6,20H,1-2H3. The minimum atomic E-state index is -4.55. The van der Waals surface area contributed by atoms with Gasteiger partial charge < -0.3 is 9.84 Å². The number of phenolic OH excluding ortho intramolecular Hbond substituents is 1. The Morgan fingerprint density at radius 2 is 1.91 bits per heavy atom. The van der Waals surface area contributed by atoms with E-state index in [1.165, 1.54) is 26.2 Å². The van der Waals surface area contributed by atoms with Crippen molar-refractivity contribution in [2.45, 2.75) is 13.1 Å². The van der Waals surface area contributed by atoms with Crippen LogP contribution < -0.4 is 0 Å². The summed E-state index contributed by atoms with van der Waals surface area (Å²) in [4.78, 5) is 11.3. The summed E-state index contributed by atoms with van der Waals surface area (Å²) in [6.45, 7) is 1.42. The third-order valence-corrected chi connectivity index (χ3v) is 2.96. The Bertz CT molecular complexity index is 689. The van der Waals surface area contributed by atoms with Gasteiger partial charge in [-0.2, -0.15) is 13.2 Å². The monoisotopic (exact) mass is 312 g/mol. The number of ether oxygens (including phenoxy) is 1. The molecule has 0 fully saturated rings. The molecule has 8 heteroatoms. The average Bonchev–Trinajstić information content (AvgIpc) is 2.45. The van der Waals surface area contributed by atoms with Gasteiger partial charge in [0.15, 0.2) is 5.69 Å². The van der Waals surface area contributed by atoms with E-state index in [9.17, 15) is 23.1 Å². The number of hydrogen-bond donors (Lipinski definition) is 1. The van der Waals surface area contributed by atoms with E-state index in [2.05, 4.69) is 14.9 Å². The molecule has 0 saturated heterocycles. The molecule has 22 heavy (non-hydrogen) atoms. The number of aryl methyl sites for hydroxylation is 1. The first-order valence-electron chi connectivity index (χ1n) is 6.07. The van der Waals surface area contributed by atoms with Crippen LogP contribution in [0.4, 0.5) is 13.2 Å². The van der Waals surface area contributed by atoms with Crippen LogP contribution in [0.25, 0.3) is 11.3 Å². The van der Waals surface area contributed by atoms with E-state index < -0.39 is 23.5 Å². The highest BCUT2D eigenvalue weighted by Gasteiger charge is 2.32. The third kappa shape index (κ3) is 3.00. The van der Waals surface area contributed by atoms with Crippen LogP contribution in [0.15, 0.2) is 24.3 Å². The number of carbonyl (C=O) groups excluding carboxylic acids is 1. The second kappa shape index (κ2) is 5.63. The maximum Gasteiger partial charge on any atom is 0.416 e. The molecule has 0 bridgehead atoms. The molecule has 0 aliphatic carbocycles. The summed E-state index contributed by atoms with van der Waals surface area (Å²) < 4.78 is 42.5. The van der Waals surface area contributed by atoms with Crippen LogP contribution in [0.5, 0.6) is 5.75 Å². The molecule has 2 rings (SSSR count). The SMILES string of the molecule is COC(=O)c1ccc(-c2c(C)cc(C(F)(F)F)cc2O)nn1. The van der Waals surface area contributed by atoms with Crippen molar-refractivity contribution in [2.24, 2.45) is 0 Å². The van der Waals surface area contributed by atoms with Gasteiger partial charge >= 0.3 is 12.1 Å². The molecule has 0 atom stereocenters. The van der Waals surface area contributed by atoms with Gasteiger partial charge in [0.2, 0.25) is 0 Å². The highest BCUT2D eigenvalue weighted by molar-refractivity contribution is 5.87. The van der Waals surface area contributed by atoms with Gasteiger partial charge in [-0.1, -0.05) is 0 Å². The maximum absolute atomic E-state index is 12.7. The van der Waals surface area contributed by atoms with Gasteiger partial charge in [-0.25, -0.2) is 4.79 Å². The number of aromatic nitrogens is 2. The molecule has 0 spiro atoms. The van der Waals surface area contributed by atoms with Crippen LogP contribution in [-0.2, 0) is 10.9 Å². The molecule has 116 valence electrons. The average molecular weight is 312 g/mol. The van der Waals surface area contributed by atoms with Gasteiger partial charge in [0.1, 0.15) is 5.75 Å². The summed E-state index contributed by atoms with van der Waals surface area (Å²) in [5, 5.41) is 17.2. The van der Waals surface area contributed by atoms with E-state index in [1.54, 1.807) is 0 Å². The normalized spacial score (nSPS) is 11.3. The molecular weight excluding hydrogens is 301 g/mol. The molecule has 1 aromatic heterocycles. The molecule has 1 heterocycles. The summed E-state index contributed by atoms with van der Waals surface area (Å²) >= 11 is 0. The van der Waals surface area contributed by atoms with Gasteiger partial charge in [-0.15, -0.1) is 10.2 Å². The van der Waals surface area contributed by atoms with E-state index in [1.807, 2.05) is 0 Å². The zero-order valence-electron chi connectivity index (χ0n) is 11.6. The first-order chi connectivity index (χ1) is 10.2. The van der Waals surface area contributed by atoms with Crippen LogP contribution in [0.1, 0.15) is 21.6 Å². The number of methoxy groups -OCH3 is 1. The van der Waals surface area contributed by atoms with Crippen molar-refractivity contribution >= 4 is 5.97 Å². The zero-order valence-corrected chi connectivity index (χ0v) is 11.6. The molecule has 0 aliphatic heterocycles. The van der Waals surface area contributed by atoms with Crippen molar-refractivity contribution < 1.29 is 27.8 Å². The Kier molecular flexibility index (Phi) is 4.03. The second-order valence-electron chi connectivity index (χ2n) is 4.48. The molecule has 0 radical (unpaired) electrons. The smallest absolute Gasteiger partial charge is 0.416 e. The van der Waals surface area contributed by atoms with Crippen molar-refractivity contribution in [3.05, 3.63) is 41.1 Å². The minimum Gasteiger partial charge on any atom is -0.507 e. The van der Waals surface area contributed by atoms with Crippen molar-refractivity contribution in [2.75, 3.05) is 7.11 Å². The number of halogens is 3. The Balaban J connectivity index is 2.47.